The minimum atomic E-state index is 0.183. The molecular weight excluding hydrogens is 290 g/mol. The lowest BCUT2D eigenvalue weighted by molar-refractivity contribution is -0.124. The van der Waals surface area contributed by atoms with Crippen molar-refractivity contribution in [3.05, 3.63) is 29.3 Å². The maximum absolute atomic E-state index is 12.1. The summed E-state index contributed by atoms with van der Waals surface area (Å²) in [6.45, 7) is 5.61. The van der Waals surface area contributed by atoms with E-state index in [1.165, 1.54) is 5.56 Å². The van der Waals surface area contributed by atoms with Crippen LogP contribution in [-0.4, -0.2) is 31.3 Å². The summed E-state index contributed by atoms with van der Waals surface area (Å²) in [6.07, 6.45) is 4.92. The van der Waals surface area contributed by atoms with Gasteiger partial charge in [0, 0.05) is 25.0 Å². The van der Waals surface area contributed by atoms with Gasteiger partial charge < -0.3 is 14.8 Å². The molecule has 4 heteroatoms. The van der Waals surface area contributed by atoms with Gasteiger partial charge in [0.2, 0.25) is 5.91 Å². The molecule has 0 unspecified atom stereocenters. The smallest absolute Gasteiger partial charge is 0.220 e. The fourth-order valence-electron chi connectivity index (χ4n) is 3.68. The van der Waals surface area contributed by atoms with Crippen molar-refractivity contribution in [3.63, 3.8) is 0 Å². The highest BCUT2D eigenvalue weighted by molar-refractivity contribution is 5.76. The van der Waals surface area contributed by atoms with Crippen molar-refractivity contribution in [2.75, 3.05) is 13.2 Å². The van der Waals surface area contributed by atoms with E-state index in [1.807, 2.05) is 13.0 Å². The van der Waals surface area contributed by atoms with Gasteiger partial charge in [0.15, 0.2) is 0 Å². The van der Waals surface area contributed by atoms with E-state index in [-0.39, 0.29) is 5.91 Å². The molecule has 1 N–H and O–H groups in total. The van der Waals surface area contributed by atoms with Crippen molar-refractivity contribution in [3.8, 4) is 5.75 Å². The van der Waals surface area contributed by atoms with E-state index in [0.29, 0.717) is 31.1 Å². The summed E-state index contributed by atoms with van der Waals surface area (Å²) in [7, 11) is 0. The SMILES string of the molecule is CCOc1ccc(CCCC(=O)N[C@@H]2C[C@@H]3OCC[C@@H]32)cc1C. The van der Waals surface area contributed by atoms with Crippen LogP contribution in [0, 0.1) is 12.8 Å². The fraction of sp³-hybridized carbons (Fsp3) is 0.632. The number of hydrogen-bond donors (Lipinski definition) is 1. The lowest BCUT2D eigenvalue weighted by Gasteiger charge is -2.39. The van der Waals surface area contributed by atoms with Gasteiger partial charge in [-0.25, -0.2) is 0 Å². The summed E-state index contributed by atoms with van der Waals surface area (Å²) < 4.78 is 11.1. The van der Waals surface area contributed by atoms with E-state index >= 15 is 0 Å². The molecule has 1 heterocycles. The molecule has 2 aliphatic rings. The highest BCUT2D eigenvalue weighted by Crippen LogP contribution is 2.38. The largest absolute Gasteiger partial charge is 0.494 e. The Morgan fingerprint density at radius 1 is 1.43 bits per heavy atom. The number of rotatable bonds is 7. The zero-order chi connectivity index (χ0) is 16.2. The number of carbonyl (C=O) groups is 1. The average Bonchev–Trinajstić information content (AvgIpc) is 2.89. The van der Waals surface area contributed by atoms with Gasteiger partial charge in [0.1, 0.15) is 5.75 Å². The van der Waals surface area contributed by atoms with E-state index in [1.54, 1.807) is 0 Å². The lowest BCUT2D eigenvalue weighted by Crippen LogP contribution is -2.53. The minimum Gasteiger partial charge on any atom is -0.494 e. The monoisotopic (exact) mass is 317 g/mol. The molecule has 1 saturated carbocycles. The third kappa shape index (κ3) is 3.86. The molecule has 1 aliphatic heterocycles. The van der Waals surface area contributed by atoms with E-state index in [2.05, 4.69) is 24.4 Å². The third-order valence-electron chi connectivity index (χ3n) is 5.02. The van der Waals surface area contributed by atoms with Crippen LogP contribution in [0.3, 0.4) is 0 Å². The Morgan fingerprint density at radius 2 is 2.30 bits per heavy atom. The lowest BCUT2D eigenvalue weighted by atomic mass is 9.76. The maximum Gasteiger partial charge on any atom is 0.220 e. The van der Waals surface area contributed by atoms with Crippen molar-refractivity contribution in [2.24, 2.45) is 5.92 Å². The number of fused-ring (bicyclic) bond motifs is 1. The molecule has 3 rings (SSSR count). The zero-order valence-corrected chi connectivity index (χ0v) is 14.1. The van der Waals surface area contributed by atoms with E-state index < -0.39 is 0 Å². The molecule has 126 valence electrons. The normalized spacial score (nSPS) is 25.6. The first kappa shape index (κ1) is 16.3. The summed E-state index contributed by atoms with van der Waals surface area (Å²) in [6, 6.07) is 6.64. The molecule has 1 amide bonds. The topological polar surface area (TPSA) is 47.6 Å². The molecule has 1 aliphatic carbocycles. The van der Waals surface area contributed by atoms with Crippen molar-refractivity contribution in [1.82, 2.24) is 5.32 Å². The van der Waals surface area contributed by atoms with Gasteiger partial charge in [-0.3, -0.25) is 4.79 Å². The molecule has 3 atom stereocenters. The molecule has 1 saturated heterocycles. The predicted octanol–water partition coefficient (Wildman–Crippen LogP) is 3.01. The highest BCUT2D eigenvalue weighted by Gasteiger charge is 2.45. The minimum absolute atomic E-state index is 0.183. The number of ether oxygens (including phenoxy) is 2. The first-order valence-corrected chi connectivity index (χ1v) is 8.80. The van der Waals surface area contributed by atoms with Crippen LogP contribution in [0.25, 0.3) is 0 Å². The number of nitrogens with one attached hydrogen (secondary N) is 1. The Bertz CT molecular complexity index is 558. The van der Waals surface area contributed by atoms with Crippen molar-refractivity contribution < 1.29 is 14.3 Å². The second kappa shape index (κ2) is 7.35. The standard InChI is InChI=1S/C19H27NO3/c1-3-22-17-8-7-14(11-13(17)2)5-4-6-19(21)20-16-12-18-15(16)9-10-23-18/h7-8,11,15-16,18H,3-6,9-10,12H2,1-2H3,(H,20,21)/t15-,16-,18+/m1/s1. The van der Waals surface area contributed by atoms with Gasteiger partial charge in [-0.15, -0.1) is 0 Å². The average molecular weight is 317 g/mol. The molecular formula is C19H27NO3. The van der Waals surface area contributed by atoms with Gasteiger partial charge in [-0.2, -0.15) is 0 Å². The fourth-order valence-corrected chi connectivity index (χ4v) is 3.68. The van der Waals surface area contributed by atoms with Crippen LogP contribution < -0.4 is 10.1 Å². The van der Waals surface area contributed by atoms with E-state index in [9.17, 15) is 4.79 Å². The first-order chi connectivity index (χ1) is 11.2. The van der Waals surface area contributed by atoms with Crippen LogP contribution >= 0.6 is 0 Å². The zero-order valence-electron chi connectivity index (χ0n) is 14.1. The van der Waals surface area contributed by atoms with E-state index in [0.717, 1.165) is 43.6 Å². The molecule has 2 fully saturated rings. The van der Waals surface area contributed by atoms with Crippen molar-refractivity contribution >= 4 is 5.91 Å². The van der Waals surface area contributed by atoms with Crippen LogP contribution in [0.2, 0.25) is 0 Å². The van der Waals surface area contributed by atoms with Crippen molar-refractivity contribution in [1.29, 1.82) is 0 Å². The predicted molar refractivity (Wildman–Crippen MR) is 89.7 cm³/mol. The van der Waals surface area contributed by atoms with Gasteiger partial charge in [-0.05, 0) is 56.7 Å². The Kier molecular flexibility index (Phi) is 5.21. The van der Waals surface area contributed by atoms with Crippen LogP contribution in [0.4, 0.5) is 0 Å². The summed E-state index contributed by atoms with van der Waals surface area (Å²) >= 11 is 0. The Balaban J connectivity index is 1.39. The number of benzene rings is 1. The number of aryl methyl sites for hydroxylation is 2. The Morgan fingerprint density at radius 3 is 3.04 bits per heavy atom. The molecule has 23 heavy (non-hydrogen) atoms. The van der Waals surface area contributed by atoms with Gasteiger partial charge in [-0.1, -0.05) is 12.1 Å². The highest BCUT2D eigenvalue weighted by atomic mass is 16.5. The second-order valence-corrected chi connectivity index (χ2v) is 6.66. The molecule has 0 aromatic heterocycles. The van der Waals surface area contributed by atoms with Crippen molar-refractivity contribution in [2.45, 2.75) is 58.1 Å². The Labute approximate surface area is 138 Å². The van der Waals surface area contributed by atoms with Gasteiger partial charge in [0.05, 0.1) is 12.7 Å². The quantitative estimate of drug-likeness (QED) is 0.841. The first-order valence-electron chi connectivity index (χ1n) is 8.80. The molecule has 0 radical (unpaired) electrons. The Hall–Kier alpha value is -1.55. The van der Waals surface area contributed by atoms with E-state index in [4.69, 9.17) is 9.47 Å². The molecule has 4 nitrogen and oxygen atoms in total. The summed E-state index contributed by atoms with van der Waals surface area (Å²) in [4.78, 5) is 12.1. The van der Waals surface area contributed by atoms with Crippen LogP contribution in [0.5, 0.6) is 5.75 Å². The van der Waals surface area contributed by atoms with Crippen LogP contribution in [-0.2, 0) is 16.0 Å². The van der Waals surface area contributed by atoms with Crippen LogP contribution in [0.15, 0.2) is 18.2 Å². The van der Waals surface area contributed by atoms with Crippen LogP contribution in [0.1, 0.15) is 43.7 Å². The number of amides is 1. The molecule has 0 spiro atoms. The molecule has 1 aromatic carbocycles. The maximum atomic E-state index is 12.1. The summed E-state index contributed by atoms with van der Waals surface area (Å²) in [5.41, 5.74) is 2.43. The third-order valence-corrected chi connectivity index (χ3v) is 5.02. The second-order valence-electron chi connectivity index (χ2n) is 6.66. The number of carbonyl (C=O) groups excluding carboxylic acids is 1. The van der Waals surface area contributed by atoms with Gasteiger partial charge >= 0.3 is 0 Å². The van der Waals surface area contributed by atoms with Gasteiger partial charge in [0.25, 0.3) is 0 Å². The summed E-state index contributed by atoms with van der Waals surface area (Å²) in [5.74, 6) is 1.70. The summed E-state index contributed by atoms with van der Waals surface area (Å²) in [5, 5.41) is 3.17. The molecule has 0 bridgehead atoms. The number of hydrogen-bond acceptors (Lipinski definition) is 3. The molecule has 1 aromatic rings.